The van der Waals surface area contributed by atoms with Crippen molar-refractivity contribution >= 4 is 5.82 Å². The molecular weight excluding hydrogens is 279 g/mol. The number of nitrogens with zero attached hydrogens (tertiary/aromatic N) is 2. The van der Waals surface area contributed by atoms with E-state index in [1.54, 1.807) is 6.92 Å². The van der Waals surface area contributed by atoms with Gasteiger partial charge in [-0.25, -0.2) is 9.97 Å². The number of nitrogens with two attached hydrogens (primary N) is 1. The van der Waals surface area contributed by atoms with Gasteiger partial charge < -0.3 is 5.73 Å². The molecule has 112 valence electrons. The number of rotatable bonds is 2. The van der Waals surface area contributed by atoms with Gasteiger partial charge in [-0.05, 0) is 30.5 Å². The normalized spacial score (nSPS) is 12.0. The van der Waals surface area contributed by atoms with Gasteiger partial charge in [-0.2, -0.15) is 13.2 Å². The fraction of sp³-hybridized carbons (Fsp3) is 0.333. The second kappa shape index (κ2) is 5.35. The number of nitrogen functional groups attached to an aromatic ring is 1. The van der Waals surface area contributed by atoms with Crippen molar-refractivity contribution in [1.82, 2.24) is 9.97 Å². The topological polar surface area (TPSA) is 51.8 Å². The molecule has 0 saturated heterocycles. The van der Waals surface area contributed by atoms with Crippen molar-refractivity contribution in [3.63, 3.8) is 0 Å². The first kappa shape index (κ1) is 15.3. The Balaban J connectivity index is 2.61. The van der Waals surface area contributed by atoms with E-state index in [-0.39, 0.29) is 5.92 Å². The Kier molecular flexibility index (Phi) is 3.89. The number of aromatic nitrogens is 2. The van der Waals surface area contributed by atoms with Gasteiger partial charge >= 0.3 is 6.18 Å². The number of aryl methyl sites for hydroxylation is 1. The summed E-state index contributed by atoms with van der Waals surface area (Å²) in [6, 6.07) is 3.62. The van der Waals surface area contributed by atoms with Gasteiger partial charge in [0, 0.05) is 11.1 Å². The summed E-state index contributed by atoms with van der Waals surface area (Å²) >= 11 is 0. The zero-order valence-corrected chi connectivity index (χ0v) is 12.0. The number of benzene rings is 1. The van der Waals surface area contributed by atoms with E-state index in [4.69, 9.17) is 5.73 Å². The van der Waals surface area contributed by atoms with Gasteiger partial charge in [0.15, 0.2) is 0 Å². The standard InChI is InChI=1S/C15H16F3N3/c1-8(2)12-13(20-7-21-14(12)19)11-5-4-10(6-9(11)3)15(16,17)18/h4-8H,1-3H3,(H2,19,20,21). The van der Waals surface area contributed by atoms with Gasteiger partial charge in [-0.3, -0.25) is 0 Å². The van der Waals surface area contributed by atoms with Crippen molar-refractivity contribution in [3.05, 3.63) is 41.2 Å². The van der Waals surface area contributed by atoms with Crippen LogP contribution in [0.3, 0.4) is 0 Å². The smallest absolute Gasteiger partial charge is 0.383 e. The van der Waals surface area contributed by atoms with Crippen molar-refractivity contribution in [2.24, 2.45) is 0 Å². The quantitative estimate of drug-likeness (QED) is 0.904. The highest BCUT2D eigenvalue weighted by atomic mass is 19.4. The van der Waals surface area contributed by atoms with Crippen LogP contribution in [0.1, 0.15) is 36.5 Å². The SMILES string of the molecule is Cc1cc(C(F)(F)F)ccc1-c1ncnc(N)c1C(C)C. The Morgan fingerprint density at radius 2 is 1.81 bits per heavy atom. The number of halogens is 3. The van der Waals surface area contributed by atoms with Gasteiger partial charge in [0.25, 0.3) is 0 Å². The van der Waals surface area contributed by atoms with E-state index in [9.17, 15) is 13.2 Å². The van der Waals surface area contributed by atoms with Gasteiger partial charge in [0.05, 0.1) is 11.3 Å². The summed E-state index contributed by atoms with van der Waals surface area (Å²) in [4.78, 5) is 8.17. The minimum atomic E-state index is -4.35. The molecule has 6 heteroatoms. The summed E-state index contributed by atoms with van der Waals surface area (Å²) in [7, 11) is 0. The van der Waals surface area contributed by atoms with Crippen LogP contribution in [0.15, 0.2) is 24.5 Å². The van der Waals surface area contributed by atoms with Crippen LogP contribution in [0.25, 0.3) is 11.3 Å². The van der Waals surface area contributed by atoms with Crippen molar-refractivity contribution in [2.75, 3.05) is 5.73 Å². The molecule has 2 rings (SSSR count). The molecule has 0 aliphatic heterocycles. The van der Waals surface area contributed by atoms with Crippen LogP contribution in [-0.4, -0.2) is 9.97 Å². The fourth-order valence-corrected chi connectivity index (χ4v) is 2.30. The molecule has 0 amide bonds. The molecule has 1 aromatic heterocycles. The van der Waals surface area contributed by atoms with E-state index in [0.717, 1.165) is 17.7 Å². The zero-order chi connectivity index (χ0) is 15.8. The van der Waals surface area contributed by atoms with E-state index in [0.29, 0.717) is 22.6 Å². The molecule has 1 aromatic carbocycles. The van der Waals surface area contributed by atoms with Crippen molar-refractivity contribution < 1.29 is 13.2 Å². The maximum atomic E-state index is 12.7. The predicted octanol–water partition coefficient (Wildman–Crippen LogP) is 4.18. The Morgan fingerprint density at radius 3 is 2.33 bits per heavy atom. The molecule has 0 spiro atoms. The van der Waals surface area contributed by atoms with Crippen LogP contribution in [0, 0.1) is 6.92 Å². The van der Waals surface area contributed by atoms with E-state index < -0.39 is 11.7 Å². The molecule has 0 unspecified atom stereocenters. The molecule has 0 fully saturated rings. The van der Waals surface area contributed by atoms with Crippen molar-refractivity contribution in [2.45, 2.75) is 32.9 Å². The first-order valence-electron chi connectivity index (χ1n) is 6.50. The maximum Gasteiger partial charge on any atom is 0.416 e. The molecular formula is C15H16F3N3. The van der Waals surface area contributed by atoms with Crippen LogP contribution in [0.4, 0.5) is 19.0 Å². The lowest BCUT2D eigenvalue weighted by Gasteiger charge is -2.16. The van der Waals surface area contributed by atoms with Gasteiger partial charge in [-0.15, -0.1) is 0 Å². The molecule has 0 radical (unpaired) electrons. The van der Waals surface area contributed by atoms with Crippen LogP contribution < -0.4 is 5.73 Å². The van der Waals surface area contributed by atoms with Gasteiger partial charge in [0.2, 0.25) is 0 Å². The largest absolute Gasteiger partial charge is 0.416 e. The van der Waals surface area contributed by atoms with Crippen LogP contribution in [-0.2, 0) is 6.18 Å². The predicted molar refractivity (Wildman–Crippen MR) is 75.7 cm³/mol. The average Bonchev–Trinajstić information content (AvgIpc) is 2.36. The summed E-state index contributed by atoms with van der Waals surface area (Å²) in [6.45, 7) is 5.52. The maximum absolute atomic E-state index is 12.7. The highest BCUT2D eigenvalue weighted by Gasteiger charge is 2.31. The second-order valence-corrected chi connectivity index (χ2v) is 5.20. The third-order valence-electron chi connectivity index (χ3n) is 3.30. The summed E-state index contributed by atoms with van der Waals surface area (Å²) in [5.41, 5.74) is 7.69. The van der Waals surface area contributed by atoms with E-state index in [2.05, 4.69) is 9.97 Å². The summed E-state index contributed by atoms with van der Waals surface area (Å²) in [5.74, 6) is 0.428. The summed E-state index contributed by atoms with van der Waals surface area (Å²) in [6.07, 6.45) is -3.03. The van der Waals surface area contributed by atoms with Gasteiger partial charge in [-0.1, -0.05) is 19.9 Å². The van der Waals surface area contributed by atoms with Crippen LogP contribution >= 0.6 is 0 Å². The molecule has 0 saturated carbocycles. The first-order valence-corrected chi connectivity index (χ1v) is 6.50. The molecule has 2 aromatic rings. The van der Waals surface area contributed by atoms with Crippen molar-refractivity contribution in [1.29, 1.82) is 0 Å². The third-order valence-corrected chi connectivity index (χ3v) is 3.30. The molecule has 0 aliphatic rings. The Hall–Kier alpha value is -2.11. The second-order valence-electron chi connectivity index (χ2n) is 5.20. The fourth-order valence-electron chi connectivity index (χ4n) is 2.30. The molecule has 0 aliphatic carbocycles. The zero-order valence-electron chi connectivity index (χ0n) is 12.0. The van der Waals surface area contributed by atoms with Crippen LogP contribution in [0.2, 0.25) is 0 Å². The molecule has 0 bridgehead atoms. The Morgan fingerprint density at radius 1 is 1.14 bits per heavy atom. The summed E-state index contributed by atoms with van der Waals surface area (Å²) < 4.78 is 38.2. The Bertz CT molecular complexity index is 664. The third kappa shape index (κ3) is 2.99. The number of hydrogen-bond acceptors (Lipinski definition) is 3. The molecule has 21 heavy (non-hydrogen) atoms. The number of alkyl halides is 3. The molecule has 0 atom stereocenters. The first-order chi connectivity index (χ1) is 9.71. The number of hydrogen-bond donors (Lipinski definition) is 1. The van der Waals surface area contributed by atoms with E-state index in [1.165, 1.54) is 12.4 Å². The lowest BCUT2D eigenvalue weighted by atomic mass is 9.94. The molecule has 1 heterocycles. The van der Waals surface area contributed by atoms with Crippen molar-refractivity contribution in [3.8, 4) is 11.3 Å². The van der Waals surface area contributed by atoms with Crippen LogP contribution in [0.5, 0.6) is 0 Å². The average molecular weight is 295 g/mol. The monoisotopic (exact) mass is 295 g/mol. The lowest BCUT2D eigenvalue weighted by molar-refractivity contribution is -0.137. The molecule has 2 N–H and O–H groups in total. The number of anilines is 1. The highest BCUT2D eigenvalue weighted by molar-refractivity contribution is 5.71. The summed E-state index contributed by atoms with van der Waals surface area (Å²) in [5, 5.41) is 0. The Labute approximate surface area is 121 Å². The minimum Gasteiger partial charge on any atom is -0.383 e. The lowest BCUT2D eigenvalue weighted by Crippen LogP contribution is -2.07. The van der Waals surface area contributed by atoms with Gasteiger partial charge in [0.1, 0.15) is 12.1 Å². The minimum absolute atomic E-state index is 0.0721. The van der Waals surface area contributed by atoms with E-state index in [1.807, 2.05) is 13.8 Å². The molecule has 3 nitrogen and oxygen atoms in total. The van der Waals surface area contributed by atoms with E-state index >= 15 is 0 Å². The highest BCUT2D eigenvalue weighted by Crippen LogP contribution is 2.35.